The molecule has 0 spiro atoms. The minimum absolute atomic E-state index is 0.375. The van der Waals surface area contributed by atoms with Crippen molar-refractivity contribution < 1.29 is 9.84 Å². The molecule has 2 aliphatic rings. The fourth-order valence-corrected chi connectivity index (χ4v) is 4.65. The monoisotopic (exact) mass is 392 g/mol. The lowest BCUT2D eigenvalue weighted by Crippen LogP contribution is -2.37. The third-order valence-corrected chi connectivity index (χ3v) is 6.43. The Kier molecular flexibility index (Phi) is 4.46. The largest absolute Gasteiger partial charge is 0.493 e. The first kappa shape index (κ1) is 18.4. The Labute approximate surface area is 170 Å². The number of nitrogens with zero attached hydrogens (tertiary/aromatic N) is 3. The maximum atomic E-state index is 10.3. The smallest absolute Gasteiger partial charge is 0.154 e. The Morgan fingerprint density at radius 1 is 1.14 bits per heavy atom. The second-order valence-electron chi connectivity index (χ2n) is 8.90. The highest BCUT2D eigenvalue weighted by Crippen LogP contribution is 2.34. The van der Waals surface area contributed by atoms with Gasteiger partial charge in [-0.3, -0.25) is 0 Å². The molecule has 3 aromatic rings. The fourth-order valence-electron chi connectivity index (χ4n) is 4.65. The van der Waals surface area contributed by atoms with E-state index in [0.717, 1.165) is 67.2 Å². The summed E-state index contributed by atoms with van der Waals surface area (Å²) in [6.07, 6.45) is 7.02. The van der Waals surface area contributed by atoms with E-state index >= 15 is 0 Å². The lowest BCUT2D eigenvalue weighted by atomic mass is 9.77. The van der Waals surface area contributed by atoms with Crippen molar-refractivity contribution in [2.45, 2.75) is 57.6 Å². The number of hydrogen-bond donors (Lipinski definition) is 2. The van der Waals surface area contributed by atoms with Gasteiger partial charge in [0.2, 0.25) is 0 Å². The molecule has 0 unspecified atom stereocenters. The van der Waals surface area contributed by atoms with E-state index in [1.165, 1.54) is 5.56 Å². The molecule has 2 N–H and O–H groups in total. The zero-order chi connectivity index (χ0) is 20.0. The highest BCUT2D eigenvalue weighted by atomic mass is 16.5. The van der Waals surface area contributed by atoms with Gasteiger partial charge in [-0.05, 0) is 81.3 Å². The highest BCUT2D eigenvalue weighted by molar-refractivity contribution is 5.66. The molecule has 5 rings (SSSR count). The van der Waals surface area contributed by atoms with Gasteiger partial charge in [0.05, 0.1) is 24.1 Å². The van der Waals surface area contributed by atoms with E-state index < -0.39 is 5.60 Å². The number of aliphatic hydroxyl groups is 1. The molecule has 1 aromatic carbocycles. The molecule has 0 atom stereocenters. The molecule has 2 aromatic heterocycles. The van der Waals surface area contributed by atoms with Gasteiger partial charge < -0.3 is 15.2 Å². The number of rotatable bonds is 4. The Morgan fingerprint density at radius 2 is 1.97 bits per heavy atom. The SMILES string of the molecule is CC(C)(O)C1CCC(Nc2ccc3ncc(-c4ccc5c(c4)CCO5)n3n2)CC1. The normalized spacial score (nSPS) is 21.8. The van der Waals surface area contributed by atoms with Crippen molar-refractivity contribution >= 4 is 11.5 Å². The summed E-state index contributed by atoms with van der Waals surface area (Å²) in [5, 5.41) is 18.7. The average Bonchev–Trinajstić information content (AvgIpc) is 3.33. The van der Waals surface area contributed by atoms with Gasteiger partial charge in [-0.2, -0.15) is 0 Å². The number of nitrogens with one attached hydrogen (secondary N) is 1. The van der Waals surface area contributed by atoms with Gasteiger partial charge in [-0.1, -0.05) is 0 Å². The van der Waals surface area contributed by atoms with Crippen LogP contribution in [0.5, 0.6) is 5.75 Å². The van der Waals surface area contributed by atoms with Crippen molar-refractivity contribution in [3.05, 3.63) is 42.1 Å². The number of imidazole rings is 1. The summed E-state index contributed by atoms with van der Waals surface area (Å²) < 4.78 is 7.55. The number of hydrogen-bond acceptors (Lipinski definition) is 5. The van der Waals surface area contributed by atoms with Crippen molar-refractivity contribution in [2.24, 2.45) is 5.92 Å². The molecule has 0 bridgehead atoms. The van der Waals surface area contributed by atoms with Crippen LogP contribution in [-0.4, -0.2) is 38.0 Å². The zero-order valence-corrected chi connectivity index (χ0v) is 17.1. The van der Waals surface area contributed by atoms with Gasteiger partial charge in [-0.25, -0.2) is 9.50 Å². The summed E-state index contributed by atoms with van der Waals surface area (Å²) in [5.41, 5.74) is 3.60. The highest BCUT2D eigenvalue weighted by Gasteiger charge is 2.31. The Bertz CT molecular complexity index is 1030. The van der Waals surface area contributed by atoms with E-state index in [1.54, 1.807) is 0 Å². The van der Waals surface area contributed by atoms with Crippen molar-refractivity contribution in [2.75, 3.05) is 11.9 Å². The zero-order valence-electron chi connectivity index (χ0n) is 17.1. The van der Waals surface area contributed by atoms with Crippen LogP contribution in [0.25, 0.3) is 16.9 Å². The van der Waals surface area contributed by atoms with E-state index in [-0.39, 0.29) is 0 Å². The van der Waals surface area contributed by atoms with E-state index in [1.807, 2.05) is 42.8 Å². The van der Waals surface area contributed by atoms with Gasteiger partial charge in [0.15, 0.2) is 5.65 Å². The van der Waals surface area contributed by atoms with Gasteiger partial charge in [-0.15, -0.1) is 5.10 Å². The molecule has 29 heavy (non-hydrogen) atoms. The second kappa shape index (κ2) is 7.02. The van der Waals surface area contributed by atoms with E-state index in [2.05, 4.69) is 22.4 Å². The summed E-state index contributed by atoms with van der Waals surface area (Å²) in [7, 11) is 0. The number of fused-ring (bicyclic) bond motifs is 2. The predicted molar refractivity (Wildman–Crippen MR) is 113 cm³/mol. The Hall–Kier alpha value is -2.60. The molecular weight excluding hydrogens is 364 g/mol. The first-order valence-electron chi connectivity index (χ1n) is 10.6. The van der Waals surface area contributed by atoms with Gasteiger partial charge >= 0.3 is 0 Å². The summed E-state index contributed by atoms with van der Waals surface area (Å²) in [4.78, 5) is 4.53. The molecule has 152 valence electrons. The Balaban J connectivity index is 1.36. The maximum absolute atomic E-state index is 10.3. The van der Waals surface area contributed by atoms with Crippen LogP contribution >= 0.6 is 0 Å². The number of ether oxygens (including phenoxy) is 1. The van der Waals surface area contributed by atoms with Crippen LogP contribution in [0.4, 0.5) is 5.82 Å². The molecule has 6 nitrogen and oxygen atoms in total. The van der Waals surface area contributed by atoms with Gasteiger partial charge in [0.25, 0.3) is 0 Å². The average molecular weight is 393 g/mol. The van der Waals surface area contributed by atoms with Crippen LogP contribution in [0, 0.1) is 5.92 Å². The predicted octanol–water partition coefficient (Wildman–Crippen LogP) is 4.07. The lowest BCUT2D eigenvalue weighted by molar-refractivity contribution is -0.000405. The van der Waals surface area contributed by atoms with Crippen molar-refractivity contribution in [3.8, 4) is 17.0 Å². The van der Waals surface area contributed by atoms with Crippen LogP contribution in [0.3, 0.4) is 0 Å². The summed E-state index contributed by atoms with van der Waals surface area (Å²) in [6.45, 7) is 4.60. The summed E-state index contributed by atoms with van der Waals surface area (Å²) in [5.74, 6) is 2.23. The molecule has 0 saturated heterocycles. The van der Waals surface area contributed by atoms with E-state index in [9.17, 15) is 5.11 Å². The lowest BCUT2D eigenvalue weighted by Gasteiger charge is -2.36. The summed E-state index contributed by atoms with van der Waals surface area (Å²) in [6, 6.07) is 10.7. The molecule has 3 heterocycles. The molecule has 6 heteroatoms. The van der Waals surface area contributed by atoms with E-state index in [0.29, 0.717) is 12.0 Å². The van der Waals surface area contributed by atoms with Gasteiger partial charge in [0, 0.05) is 18.0 Å². The second-order valence-corrected chi connectivity index (χ2v) is 8.90. The molecule has 1 aliphatic carbocycles. The molecule has 1 aliphatic heterocycles. The minimum Gasteiger partial charge on any atom is -0.493 e. The van der Waals surface area contributed by atoms with Crippen LogP contribution in [0.2, 0.25) is 0 Å². The van der Waals surface area contributed by atoms with Crippen molar-refractivity contribution in [1.82, 2.24) is 14.6 Å². The van der Waals surface area contributed by atoms with Crippen LogP contribution in [0.1, 0.15) is 45.1 Å². The van der Waals surface area contributed by atoms with Crippen LogP contribution < -0.4 is 10.1 Å². The number of benzene rings is 1. The fraction of sp³-hybridized carbons (Fsp3) is 0.478. The van der Waals surface area contributed by atoms with Crippen molar-refractivity contribution in [1.29, 1.82) is 0 Å². The number of aromatic nitrogens is 3. The molecule has 0 amide bonds. The standard InChI is InChI=1S/C23H28N4O2/c1-23(2,28)17-4-6-18(7-5-17)25-21-9-10-22-24-14-19(27(22)26-21)15-3-8-20-16(13-15)11-12-29-20/h3,8-10,13-14,17-18,28H,4-7,11-12H2,1-2H3,(H,25,26). The molecule has 1 fully saturated rings. The van der Waals surface area contributed by atoms with Crippen molar-refractivity contribution in [3.63, 3.8) is 0 Å². The number of anilines is 1. The molecule has 1 saturated carbocycles. The quantitative estimate of drug-likeness (QED) is 0.700. The molecular formula is C23H28N4O2. The van der Waals surface area contributed by atoms with Gasteiger partial charge in [0.1, 0.15) is 11.6 Å². The third kappa shape index (κ3) is 3.57. The van der Waals surface area contributed by atoms with Crippen LogP contribution in [0.15, 0.2) is 36.5 Å². The first-order valence-corrected chi connectivity index (χ1v) is 10.6. The summed E-state index contributed by atoms with van der Waals surface area (Å²) >= 11 is 0. The third-order valence-electron chi connectivity index (χ3n) is 6.43. The topological polar surface area (TPSA) is 71.7 Å². The Morgan fingerprint density at radius 3 is 2.76 bits per heavy atom. The first-order chi connectivity index (χ1) is 14.0. The molecule has 0 radical (unpaired) electrons. The van der Waals surface area contributed by atoms with Crippen LogP contribution in [-0.2, 0) is 6.42 Å². The van der Waals surface area contributed by atoms with E-state index in [4.69, 9.17) is 9.84 Å². The maximum Gasteiger partial charge on any atom is 0.154 e. The minimum atomic E-state index is -0.589.